The Kier molecular flexibility index (Phi) is 5.25. The second-order valence-corrected chi connectivity index (χ2v) is 7.08. The Balaban J connectivity index is 1.75. The molecule has 0 aliphatic carbocycles. The molecule has 0 aromatic carbocycles. The third-order valence-corrected chi connectivity index (χ3v) is 5.05. The second-order valence-electron chi connectivity index (χ2n) is 5.28. The van der Waals surface area contributed by atoms with Crippen molar-refractivity contribution in [1.82, 2.24) is 9.80 Å². The Morgan fingerprint density at radius 2 is 2.11 bits per heavy atom. The van der Waals surface area contributed by atoms with E-state index < -0.39 is 0 Å². The molecule has 1 aromatic heterocycles. The van der Waals surface area contributed by atoms with Gasteiger partial charge in [-0.25, -0.2) is 0 Å². The Hall–Kier alpha value is -0.580. The highest BCUT2D eigenvalue weighted by atomic mass is 35.5. The van der Waals surface area contributed by atoms with Crippen LogP contribution in [0.2, 0.25) is 4.34 Å². The number of hydrogen-bond acceptors (Lipinski definition) is 3. The summed E-state index contributed by atoms with van der Waals surface area (Å²) in [6, 6.07) is 4.54. The Morgan fingerprint density at radius 3 is 2.63 bits per heavy atom. The number of carbonyl (C=O) groups excluding carboxylic acids is 1. The van der Waals surface area contributed by atoms with Gasteiger partial charge in [-0.05, 0) is 45.5 Å². The molecule has 19 heavy (non-hydrogen) atoms. The molecule has 5 heteroatoms. The van der Waals surface area contributed by atoms with Crippen LogP contribution in [-0.4, -0.2) is 48.9 Å². The lowest BCUT2D eigenvalue weighted by Gasteiger charge is -2.35. The van der Waals surface area contributed by atoms with Crippen LogP contribution in [0.5, 0.6) is 0 Å². The normalized spacial score (nSPS) is 17.2. The van der Waals surface area contributed by atoms with E-state index in [1.807, 2.05) is 17.0 Å². The van der Waals surface area contributed by atoms with E-state index in [1.165, 1.54) is 4.88 Å². The highest BCUT2D eigenvalue weighted by Gasteiger charge is 2.23. The fraction of sp³-hybridized carbons (Fsp3) is 0.643. The summed E-state index contributed by atoms with van der Waals surface area (Å²) in [5, 5.41) is 0. The number of piperidine rings is 1. The first-order valence-corrected chi connectivity index (χ1v) is 7.94. The predicted octanol–water partition coefficient (Wildman–Crippen LogP) is 2.89. The summed E-state index contributed by atoms with van der Waals surface area (Å²) in [6.45, 7) is 1.79. The SMILES string of the molecule is CN(C)C1CCN(C(=O)CCc2ccc(Cl)s2)CC1. The summed E-state index contributed by atoms with van der Waals surface area (Å²) in [7, 11) is 4.23. The van der Waals surface area contributed by atoms with Crippen LogP contribution in [-0.2, 0) is 11.2 Å². The van der Waals surface area contributed by atoms with E-state index in [9.17, 15) is 4.79 Å². The van der Waals surface area contributed by atoms with Crippen LogP contribution in [0, 0.1) is 0 Å². The summed E-state index contributed by atoms with van der Waals surface area (Å²) in [6.07, 6.45) is 3.58. The van der Waals surface area contributed by atoms with Gasteiger partial charge in [-0.15, -0.1) is 11.3 Å². The van der Waals surface area contributed by atoms with E-state index in [2.05, 4.69) is 19.0 Å². The van der Waals surface area contributed by atoms with Gasteiger partial charge < -0.3 is 9.80 Å². The molecule has 1 aliphatic rings. The van der Waals surface area contributed by atoms with Crippen LogP contribution in [0.4, 0.5) is 0 Å². The van der Waals surface area contributed by atoms with Crippen molar-refractivity contribution in [3.05, 3.63) is 21.3 Å². The number of aryl methyl sites for hydroxylation is 1. The van der Waals surface area contributed by atoms with E-state index in [0.717, 1.165) is 36.7 Å². The van der Waals surface area contributed by atoms with Gasteiger partial charge in [-0.1, -0.05) is 11.6 Å². The van der Waals surface area contributed by atoms with Crippen LogP contribution in [0.25, 0.3) is 0 Å². The van der Waals surface area contributed by atoms with Gasteiger partial charge in [0.25, 0.3) is 0 Å². The largest absolute Gasteiger partial charge is 0.343 e. The van der Waals surface area contributed by atoms with Crippen molar-refractivity contribution in [1.29, 1.82) is 0 Å². The molecule has 0 radical (unpaired) electrons. The molecule has 1 aliphatic heterocycles. The van der Waals surface area contributed by atoms with Gasteiger partial charge in [0.2, 0.25) is 5.91 Å². The number of amides is 1. The van der Waals surface area contributed by atoms with Crippen molar-refractivity contribution < 1.29 is 4.79 Å². The van der Waals surface area contributed by atoms with Crippen LogP contribution >= 0.6 is 22.9 Å². The quantitative estimate of drug-likeness (QED) is 0.853. The molecule has 3 nitrogen and oxygen atoms in total. The minimum Gasteiger partial charge on any atom is -0.343 e. The monoisotopic (exact) mass is 300 g/mol. The maximum absolute atomic E-state index is 12.1. The van der Waals surface area contributed by atoms with Crippen molar-refractivity contribution in [2.24, 2.45) is 0 Å². The lowest BCUT2D eigenvalue weighted by atomic mass is 10.0. The van der Waals surface area contributed by atoms with Crippen molar-refractivity contribution in [3.8, 4) is 0 Å². The van der Waals surface area contributed by atoms with E-state index in [0.29, 0.717) is 12.5 Å². The third kappa shape index (κ3) is 4.20. The smallest absolute Gasteiger partial charge is 0.222 e. The highest BCUT2D eigenvalue weighted by molar-refractivity contribution is 7.16. The van der Waals surface area contributed by atoms with Gasteiger partial charge in [0.1, 0.15) is 0 Å². The number of carbonyl (C=O) groups is 1. The topological polar surface area (TPSA) is 23.6 Å². The molecular weight excluding hydrogens is 280 g/mol. The zero-order chi connectivity index (χ0) is 13.8. The van der Waals surface area contributed by atoms with Crippen molar-refractivity contribution in [2.45, 2.75) is 31.7 Å². The summed E-state index contributed by atoms with van der Waals surface area (Å²) in [4.78, 5) is 17.6. The maximum Gasteiger partial charge on any atom is 0.222 e. The molecule has 2 heterocycles. The van der Waals surface area contributed by atoms with Gasteiger partial charge in [0.15, 0.2) is 0 Å². The number of hydrogen-bond donors (Lipinski definition) is 0. The lowest BCUT2D eigenvalue weighted by molar-refractivity contribution is -0.132. The third-order valence-electron chi connectivity index (χ3n) is 3.76. The first kappa shape index (κ1) is 14.8. The molecule has 1 amide bonds. The molecule has 0 saturated carbocycles. The zero-order valence-corrected chi connectivity index (χ0v) is 13.1. The molecule has 1 aromatic rings. The average molecular weight is 301 g/mol. The number of halogens is 1. The Labute approximate surface area is 124 Å². The average Bonchev–Trinajstić information content (AvgIpc) is 2.82. The first-order chi connectivity index (χ1) is 9.06. The van der Waals surface area contributed by atoms with E-state index in [-0.39, 0.29) is 5.91 Å². The molecular formula is C14H21ClN2OS. The Bertz CT molecular complexity index is 425. The molecule has 0 N–H and O–H groups in total. The van der Waals surface area contributed by atoms with Crippen LogP contribution < -0.4 is 0 Å². The van der Waals surface area contributed by atoms with Gasteiger partial charge in [-0.2, -0.15) is 0 Å². The fourth-order valence-electron chi connectivity index (χ4n) is 2.51. The highest BCUT2D eigenvalue weighted by Crippen LogP contribution is 2.23. The molecule has 0 atom stereocenters. The number of nitrogens with zero attached hydrogens (tertiary/aromatic N) is 2. The van der Waals surface area contributed by atoms with Crippen molar-refractivity contribution in [3.63, 3.8) is 0 Å². The standard InChI is InChI=1S/C14H21ClN2OS/c1-16(2)11-7-9-17(10-8-11)14(18)6-4-12-3-5-13(15)19-12/h3,5,11H,4,6-10H2,1-2H3. The molecule has 1 fully saturated rings. The van der Waals surface area contributed by atoms with Crippen LogP contribution in [0.3, 0.4) is 0 Å². The lowest BCUT2D eigenvalue weighted by Crippen LogP contribution is -2.44. The van der Waals surface area contributed by atoms with Crippen LogP contribution in [0.15, 0.2) is 12.1 Å². The second kappa shape index (κ2) is 6.73. The predicted molar refractivity (Wildman–Crippen MR) is 80.9 cm³/mol. The molecule has 1 saturated heterocycles. The van der Waals surface area contributed by atoms with Gasteiger partial charge in [0, 0.05) is 30.4 Å². The van der Waals surface area contributed by atoms with E-state index in [1.54, 1.807) is 11.3 Å². The van der Waals surface area contributed by atoms with Gasteiger partial charge >= 0.3 is 0 Å². The van der Waals surface area contributed by atoms with E-state index in [4.69, 9.17) is 11.6 Å². The molecule has 2 rings (SSSR count). The Morgan fingerprint density at radius 1 is 1.42 bits per heavy atom. The number of thiophene rings is 1. The van der Waals surface area contributed by atoms with E-state index >= 15 is 0 Å². The summed E-state index contributed by atoms with van der Waals surface area (Å²) in [5.41, 5.74) is 0. The number of rotatable bonds is 4. The van der Waals surface area contributed by atoms with Gasteiger partial charge in [0.05, 0.1) is 4.34 Å². The first-order valence-electron chi connectivity index (χ1n) is 6.74. The zero-order valence-electron chi connectivity index (χ0n) is 11.6. The maximum atomic E-state index is 12.1. The minimum atomic E-state index is 0.279. The van der Waals surface area contributed by atoms with Crippen molar-refractivity contribution in [2.75, 3.05) is 27.2 Å². The molecule has 0 spiro atoms. The van der Waals surface area contributed by atoms with Crippen LogP contribution in [0.1, 0.15) is 24.1 Å². The molecule has 106 valence electrons. The minimum absolute atomic E-state index is 0.279. The summed E-state index contributed by atoms with van der Waals surface area (Å²) < 4.78 is 0.800. The number of likely N-dealkylation sites (tertiary alicyclic amines) is 1. The summed E-state index contributed by atoms with van der Waals surface area (Å²) in [5.74, 6) is 0.279. The summed E-state index contributed by atoms with van der Waals surface area (Å²) >= 11 is 7.46. The fourth-order valence-corrected chi connectivity index (χ4v) is 3.59. The van der Waals surface area contributed by atoms with Crippen molar-refractivity contribution >= 4 is 28.8 Å². The van der Waals surface area contributed by atoms with Gasteiger partial charge in [-0.3, -0.25) is 4.79 Å². The molecule has 0 bridgehead atoms. The molecule has 0 unspecified atom stereocenters.